The molecule has 3 aliphatic rings. The summed E-state index contributed by atoms with van der Waals surface area (Å²) in [6, 6.07) is 6.44. The van der Waals surface area contributed by atoms with Crippen LogP contribution in [0.25, 0.3) is 0 Å². The molecule has 0 saturated heterocycles. The first-order chi connectivity index (χ1) is 18.6. The van der Waals surface area contributed by atoms with Crippen molar-refractivity contribution in [1.82, 2.24) is 0 Å². The number of anilines is 2. The number of non-ortho nitro benzene ring substituents is 2. The van der Waals surface area contributed by atoms with Gasteiger partial charge in [-0.05, 0) is 42.5 Å². The van der Waals surface area contributed by atoms with Gasteiger partial charge in [-0.25, -0.2) is 0 Å². The Hall–Kier alpha value is -5.54. The summed E-state index contributed by atoms with van der Waals surface area (Å²) in [6.07, 6.45) is 8.34. The largest absolute Gasteiger partial charge is 0.301 e. The molecule has 0 spiro atoms. The Morgan fingerprint density at radius 2 is 1.05 bits per heavy atom. The number of hydrogen-bond donors (Lipinski definition) is 2. The summed E-state index contributed by atoms with van der Waals surface area (Å²) in [7, 11) is 0. The fourth-order valence-electron chi connectivity index (χ4n) is 5.25. The lowest BCUT2D eigenvalue weighted by Crippen LogP contribution is -2.36. The van der Waals surface area contributed by atoms with Gasteiger partial charge in [0.15, 0.2) is 0 Å². The van der Waals surface area contributed by atoms with E-state index in [4.69, 9.17) is 0 Å². The Balaban J connectivity index is 1.44. The van der Waals surface area contributed by atoms with Crippen molar-refractivity contribution in [3.05, 3.63) is 101 Å². The van der Waals surface area contributed by atoms with Crippen LogP contribution in [-0.2, 0) is 0 Å². The van der Waals surface area contributed by atoms with E-state index in [2.05, 4.69) is 33.2 Å². The van der Waals surface area contributed by atoms with E-state index < -0.39 is 42.4 Å². The highest BCUT2D eigenvalue weighted by atomic mass is 16.6. The molecule has 39 heavy (non-hydrogen) atoms. The van der Waals surface area contributed by atoms with Crippen molar-refractivity contribution in [2.75, 3.05) is 10.9 Å². The average molecular weight is 534 g/mol. The van der Waals surface area contributed by atoms with E-state index in [1.165, 1.54) is 12.1 Å². The SMILES string of the molecule is O=[N+]([O-])c1ccc(N/N=C2C=C/C(=N\Nc3ccc([N+](=O)[O-])cc3[N+](=O)[O-])C3C4C=CC(C4)C\23)c([N+](=O)[O-])c1. The minimum atomic E-state index is -0.733. The Labute approximate surface area is 218 Å². The molecule has 16 heteroatoms. The van der Waals surface area contributed by atoms with E-state index in [-0.39, 0.29) is 35.0 Å². The van der Waals surface area contributed by atoms with Gasteiger partial charge in [0.25, 0.3) is 11.4 Å². The zero-order chi connectivity index (χ0) is 27.8. The van der Waals surface area contributed by atoms with Gasteiger partial charge in [-0.2, -0.15) is 10.2 Å². The topological polar surface area (TPSA) is 221 Å². The van der Waals surface area contributed by atoms with E-state index in [9.17, 15) is 40.5 Å². The number of allylic oxidation sites excluding steroid dienone is 4. The summed E-state index contributed by atoms with van der Waals surface area (Å²) in [5.41, 5.74) is 4.71. The van der Waals surface area contributed by atoms with Crippen LogP contribution in [-0.4, -0.2) is 31.1 Å². The van der Waals surface area contributed by atoms with Gasteiger partial charge in [-0.15, -0.1) is 0 Å². The van der Waals surface area contributed by atoms with Crippen LogP contribution in [0.5, 0.6) is 0 Å². The fourth-order valence-corrected chi connectivity index (χ4v) is 5.25. The standard InChI is InChI=1S/C23H18N8O8/c32-28(33)14-3-5-16(20(10-14)30(36)37)24-26-18-7-8-19(23-13-2-1-12(9-13)22(18)23)27-25-17-6-4-15(29(34)35)11-21(17)31(38)39/h1-8,10-13,22-25H,9H2/b26-18+,27-19+. The second-order valence-electron chi connectivity index (χ2n) is 9.06. The van der Waals surface area contributed by atoms with Gasteiger partial charge in [0, 0.05) is 24.0 Å². The molecule has 16 nitrogen and oxygen atoms in total. The molecular formula is C23H18N8O8. The van der Waals surface area contributed by atoms with E-state index in [1.807, 2.05) is 0 Å². The molecule has 5 rings (SSSR count). The van der Waals surface area contributed by atoms with Gasteiger partial charge in [0.05, 0.1) is 43.2 Å². The quantitative estimate of drug-likeness (QED) is 0.273. The van der Waals surface area contributed by atoms with Crippen LogP contribution in [0.2, 0.25) is 0 Å². The number of nitrogens with zero attached hydrogens (tertiary/aromatic N) is 6. The van der Waals surface area contributed by atoms with Gasteiger partial charge < -0.3 is 0 Å². The monoisotopic (exact) mass is 534 g/mol. The summed E-state index contributed by atoms with van der Waals surface area (Å²) in [5, 5.41) is 53.7. The normalized spacial score (nSPS) is 24.5. The minimum absolute atomic E-state index is 0.00615. The lowest BCUT2D eigenvalue weighted by atomic mass is 9.74. The Kier molecular flexibility index (Phi) is 6.27. The zero-order valence-corrected chi connectivity index (χ0v) is 19.7. The third-order valence-electron chi connectivity index (χ3n) is 6.96. The first kappa shape index (κ1) is 25.1. The molecule has 0 heterocycles. The molecule has 2 bridgehead atoms. The molecule has 3 aliphatic carbocycles. The summed E-state index contributed by atoms with van der Waals surface area (Å²) >= 11 is 0. The molecule has 4 atom stereocenters. The Bertz CT molecular complexity index is 1440. The van der Waals surface area contributed by atoms with Gasteiger partial charge >= 0.3 is 11.4 Å². The maximum absolute atomic E-state index is 11.5. The van der Waals surface area contributed by atoms with Gasteiger partial charge in [0.1, 0.15) is 11.4 Å². The average Bonchev–Trinajstić information content (AvgIpc) is 3.53. The predicted molar refractivity (Wildman–Crippen MR) is 138 cm³/mol. The first-order valence-electron chi connectivity index (χ1n) is 11.5. The van der Waals surface area contributed by atoms with Crippen LogP contribution in [0, 0.1) is 64.1 Å². The van der Waals surface area contributed by atoms with Crippen LogP contribution in [0.4, 0.5) is 34.1 Å². The summed E-state index contributed by atoms with van der Waals surface area (Å²) < 4.78 is 0. The number of nitrogens with one attached hydrogen (secondary N) is 2. The Morgan fingerprint density at radius 3 is 1.41 bits per heavy atom. The molecule has 1 fully saturated rings. The van der Waals surface area contributed by atoms with Crippen LogP contribution in [0.1, 0.15) is 6.42 Å². The summed E-state index contributed by atoms with van der Waals surface area (Å²) in [4.78, 5) is 42.0. The number of benzene rings is 2. The predicted octanol–water partition coefficient (Wildman–Crippen LogP) is 4.56. The third kappa shape index (κ3) is 4.65. The number of fused-ring (bicyclic) bond motifs is 5. The second kappa shape index (κ2) is 9.73. The molecule has 198 valence electrons. The molecule has 0 amide bonds. The molecule has 0 aromatic heterocycles. The van der Waals surface area contributed by atoms with Crippen molar-refractivity contribution in [2.45, 2.75) is 6.42 Å². The summed E-state index contributed by atoms with van der Waals surface area (Å²) in [5.74, 6) is -0.0310. The number of hydrogen-bond acceptors (Lipinski definition) is 12. The number of nitro groups is 4. The zero-order valence-electron chi connectivity index (χ0n) is 19.7. The van der Waals surface area contributed by atoms with E-state index >= 15 is 0 Å². The maximum atomic E-state index is 11.5. The molecular weight excluding hydrogens is 516 g/mol. The van der Waals surface area contributed by atoms with Crippen molar-refractivity contribution >= 4 is 45.5 Å². The summed E-state index contributed by atoms with van der Waals surface area (Å²) in [6.45, 7) is 0. The lowest BCUT2D eigenvalue weighted by molar-refractivity contribution is -0.393. The number of hydrazone groups is 2. The van der Waals surface area contributed by atoms with Crippen molar-refractivity contribution in [2.24, 2.45) is 33.9 Å². The van der Waals surface area contributed by atoms with Gasteiger partial charge in [-0.1, -0.05) is 12.2 Å². The molecule has 2 N–H and O–H groups in total. The van der Waals surface area contributed by atoms with E-state index in [0.29, 0.717) is 11.4 Å². The van der Waals surface area contributed by atoms with Crippen LogP contribution >= 0.6 is 0 Å². The molecule has 0 aliphatic heterocycles. The van der Waals surface area contributed by atoms with E-state index in [0.717, 1.165) is 30.7 Å². The molecule has 2 aromatic rings. The molecule has 0 radical (unpaired) electrons. The van der Waals surface area contributed by atoms with E-state index in [1.54, 1.807) is 12.2 Å². The van der Waals surface area contributed by atoms with Crippen molar-refractivity contribution < 1.29 is 19.7 Å². The smallest absolute Gasteiger partial charge is 0.271 e. The minimum Gasteiger partial charge on any atom is -0.271 e. The third-order valence-corrected chi connectivity index (χ3v) is 6.96. The van der Waals surface area contributed by atoms with Crippen LogP contribution in [0.15, 0.2) is 70.9 Å². The van der Waals surface area contributed by atoms with Crippen LogP contribution < -0.4 is 10.9 Å². The van der Waals surface area contributed by atoms with Crippen molar-refractivity contribution in [1.29, 1.82) is 0 Å². The molecule has 4 unspecified atom stereocenters. The number of rotatable bonds is 8. The van der Waals surface area contributed by atoms with Crippen molar-refractivity contribution in [3.63, 3.8) is 0 Å². The van der Waals surface area contributed by atoms with Crippen LogP contribution in [0.3, 0.4) is 0 Å². The fraction of sp³-hybridized carbons (Fsp3) is 0.217. The highest BCUT2D eigenvalue weighted by Crippen LogP contribution is 2.51. The maximum Gasteiger partial charge on any atom is 0.301 e. The molecule has 2 aromatic carbocycles. The van der Waals surface area contributed by atoms with Gasteiger partial charge in [0.2, 0.25) is 0 Å². The van der Waals surface area contributed by atoms with Crippen molar-refractivity contribution in [3.8, 4) is 0 Å². The highest BCUT2D eigenvalue weighted by Gasteiger charge is 2.49. The lowest BCUT2D eigenvalue weighted by Gasteiger charge is -2.31. The highest BCUT2D eigenvalue weighted by molar-refractivity contribution is 6.13. The van der Waals surface area contributed by atoms with Gasteiger partial charge in [-0.3, -0.25) is 51.3 Å². The Morgan fingerprint density at radius 1 is 0.641 bits per heavy atom. The molecule has 1 saturated carbocycles. The first-order valence-corrected chi connectivity index (χ1v) is 11.5. The second-order valence-corrected chi connectivity index (χ2v) is 9.06. The number of nitro benzene ring substituents is 4.